The van der Waals surface area contributed by atoms with E-state index in [4.69, 9.17) is 16.3 Å². The van der Waals surface area contributed by atoms with Crippen LogP contribution in [0, 0.1) is 0 Å². The van der Waals surface area contributed by atoms with Crippen molar-refractivity contribution in [1.29, 1.82) is 0 Å². The van der Waals surface area contributed by atoms with Crippen LogP contribution in [0.5, 0.6) is 0 Å². The van der Waals surface area contributed by atoms with Gasteiger partial charge >= 0.3 is 5.97 Å². The van der Waals surface area contributed by atoms with Crippen LogP contribution in [-0.2, 0) is 4.74 Å². The number of unbranched alkanes of at least 4 members (excludes halogenated alkanes) is 1. The van der Waals surface area contributed by atoms with E-state index in [1.54, 1.807) is 24.4 Å². The Kier molecular flexibility index (Phi) is 6.31. The molecule has 24 heavy (non-hydrogen) atoms. The Bertz CT molecular complexity index is 711. The highest BCUT2D eigenvalue weighted by Gasteiger charge is 2.11. The Morgan fingerprint density at radius 2 is 2.21 bits per heavy atom. The van der Waals surface area contributed by atoms with Crippen LogP contribution in [0.15, 0.2) is 24.4 Å². The summed E-state index contributed by atoms with van der Waals surface area (Å²) in [7, 11) is 3.28. The number of nitrogens with one attached hydrogen (secondary N) is 1. The van der Waals surface area contributed by atoms with Gasteiger partial charge in [-0.2, -0.15) is 10.1 Å². The van der Waals surface area contributed by atoms with Gasteiger partial charge in [-0.05, 0) is 24.6 Å². The molecule has 8 heteroatoms. The molecule has 128 valence electrons. The first-order chi connectivity index (χ1) is 11.5. The molecule has 0 amide bonds. The number of aromatic nitrogens is 3. The number of anilines is 3. The van der Waals surface area contributed by atoms with Gasteiger partial charge in [-0.3, -0.25) is 0 Å². The number of esters is 1. The summed E-state index contributed by atoms with van der Waals surface area (Å²) in [4.78, 5) is 18.1. The first kappa shape index (κ1) is 17.9. The molecule has 0 unspecified atom stereocenters. The number of hydrogen-bond donors (Lipinski definition) is 1. The van der Waals surface area contributed by atoms with Crippen molar-refractivity contribution in [2.24, 2.45) is 0 Å². The average Bonchev–Trinajstić information content (AvgIpc) is 2.61. The lowest BCUT2D eigenvalue weighted by atomic mass is 10.2. The van der Waals surface area contributed by atoms with Crippen molar-refractivity contribution in [2.75, 3.05) is 30.9 Å². The van der Waals surface area contributed by atoms with Crippen LogP contribution in [0.25, 0.3) is 0 Å². The molecule has 0 fully saturated rings. The molecule has 1 N–H and O–H groups in total. The fourth-order valence-electron chi connectivity index (χ4n) is 2.03. The summed E-state index contributed by atoms with van der Waals surface area (Å²) >= 11 is 6.16. The largest absolute Gasteiger partial charge is 0.465 e. The number of methoxy groups -OCH3 is 1. The molecule has 1 aromatic heterocycles. The van der Waals surface area contributed by atoms with Crippen LogP contribution < -0.4 is 10.2 Å². The van der Waals surface area contributed by atoms with E-state index in [0.717, 1.165) is 19.4 Å². The summed E-state index contributed by atoms with van der Waals surface area (Å²) in [6.45, 7) is 3.02. The second kappa shape index (κ2) is 8.44. The molecule has 0 atom stereocenters. The van der Waals surface area contributed by atoms with Crippen LogP contribution in [0.1, 0.15) is 30.1 Å². The molecule has 0 aliphatic heterocycles. The van der Waals surface area contributed by atoms with Gasteiger partial charge in [-0.15, -0.1) is 5.10 Å². The minimum Gasteiger partial charge on any atom is -0.465 e. The monoisotopic (exact) mass is 349 g/mol. The number of carbonyl (C=O) groups is 1. The van der Waals surface area contributed by atoms with Crippen molar-refractivity contribution < 1.29 is 9.53 Å². The second-order valence-corrected chi connectivity index (χ2v) is 5.63. The van der Waals surface area contributed by atoms with E-state index in [9.17, 15) is 4.79 Å². The molecule has 2 aromatic rings. The van der Waals surface area contributed by atoms with Crippen LogP contribution in [0.3, 0.4) is 0 Å². The molecule has 0 saturated heterocycles. The minimum atomic E-state index is -0.443. The Morgan fingerprint density at radius 3 is 2.92 bits per heavy atom. The van der Waals surface area contributed by atoms with E-state index in [-0.39, 0.29) is 0 Å². The maximum absolute atomic E-state index is 11.6. The first-order valence-electron chi connectivity index (χ1n) is 7.61. The Balaban J connectivity index is 2.20. The number of halogens is 1. The second-order valence-electron chi connectivity index (χ2n) is 5.22. The lowest BCUT2D eigenvalue weighted by Gasteiger charge is -2.17. The molecule has 0 radical (unpaired) electrons. The lowest BCUT2D eigenvalue weighted by molar-refractivity contribution is 0.0601. The number of nitrogens with zero attached hydrogens (tertiary/aromatic N) is 4. The highest BCUT2D eigenvalue weighted by Crippen LogP contribution is 2.26. The SMILES string of the molecule is CCCCN(C)c1cnnc(Nc2cc(C(=O)OC)ccc2Cl)n1. The standard InChI is InChI=1S/C16H20ClN5O2/c1-4-5-8-22(2)14-10-18-21-16(20-14)19-13-9-11(15(23)24-3)6-7-12(13)17/h6-7,9-10H,4-5,8H2,1-3H3,(H,19,20,21). The number of ether oxygens (including phenoxy) is 1. The van der Waals surface area contributed by atoms with Gasteiger partial charge in [0.25, 0.3) is 0 Å². The van der Waals surface area contributed by atoms with Crippen molar-refractivity contribution in [1.82, 2.24) is 15.2 Å². The van der Waals surface area contributed by atoms with Gasteiger partial charge in [-0.25, -0.2) is 4.79 Å². The average molecular weight is 350 g/mol. The third-order valence-electron chi connectivity index (χ3n) is 3.42. The molecule has 7 nitrogen and oxygen atoms in total. The van der Waals surface area contributed by atoms with Gasteiger partial charge in [0.05, 0.1) is 29.6 Å². The topological polar surface area (TPSA) is 80.2 Å². The van der Waals surface area contributed by atoms with E-state index in [2.05, 4.69) is 27.4 Å². The summed E-state index contributed by atoms with van der Waals surface area (Å²) in [5.74, 6) is 0.572. The zero-order valence-electron chi connectivity index (χ0n) is 13.9. The molecular weight excluding hydrogens is 330 g/mol. The number of carbonyl (C=O) groups excluding carboxylic acids is 1. The molecule has 0 aliphatic carbocycles. The Hall–Kier alpha value is -2.41. The predicted molar refractivity (Wildman–Crippen MR) is 94.1 cm³/mol. The zero-order chi connectivity index (χ0) is 17.5. The van der Waals surface area contributed by atoms with E-state index < -0.39 is 5.97 Å². The molecule has 1 aromatic carbocycles. The van der Waals surface area contributed by atoms with Crippen molar-refractivity contribution in [2.45, 2.75) is 19.8 Å². The molecule has 0 spiro atoms. The predicted octanol–water partition coefficient (Wildman–Crippen LogP) is 3.29. The summed E-state index contributed by atoms with van der Waals surface area (Å²) in [5.41, 5.74) is 0.892. The summed E-state index contributed by atoms with van der Waals surface area (Å²) in [6, 6.07) is 4.79. The van der Waals surface area contributed by atoms with E-state index in [0.29, 0.717) is 28.0 Å². The van der Waals surface area contributed by atoms with E-state index in [1.807, 2.05) is 11.9 Å². The quantitative estimate of drug-likeness (QED) is 0.768. The Labute approximate surface area is 146 Å². The number of benzene rings is 1. The van der Waals surface area contributed by atoms with Crippen molar-refractivity contribution in [3.05, 3.63) is 35.0 Å². The molecular formula is C16H20ClN5O2. The minimum absolute atomic E-state index is 0.305. The van der Waals surface area contributed by atoms with E-state index in [1.165, 1.54) is 7.11 Å². The number of rotatable bonds is 7. The summed E-state index contributed by atoms with van der Waals surface area (Å²) in [5, 5.41) is 11.4. The Morgan fingerprint density at radius 1 is 1.42 bits per heavy atom. The smallest absolute Gasteiger partial charge is 0.337 e. The van der Waals surface area contributed by atoms with Crippen molar-refractivity contribution >= 4 is 35.0 Å². The fraction of sp³-hybridized carbons (Fsp3) is 0.375. The van der Waals surface area contributed by atoms with Crippen LogP contribution >= 0.6 is 11.6 Å². The molecule has 0 aliphatic rings. The van der Waals surface area contributed by atoms with E-state index >= 15 is 0 Å². The molecule has 0 saturated carbocycles. The third kappa shape index (κ3) is 4.55. The van der Waals surface area contributed by atoms with Crippen LogP contribution in [0.4, 0.5) is 17.5 Å². The maximum Gasteiger partial charge on any atom is 0.337 e. The number of hydrogen-bond acceptors (Lipinski definition) is 7. The van der Waals surface area contributed by atoms with Gasteiger partial charge in [0.1, 0.15) is 0 Å². The van der Waals surface area contributed by atoms with Gasteiger partial charge < -0.3 is 15.0 Å². The molecule has 0 bridgehead atoms. The summed E-state index contributed by atoms with van der Waals surface area (Å²) in [6.07, 6.45) is 3.77. The van der Waals surface area contributed by atoms with Gasteiger partial charge in [-0.1, -0.05) is 24.9 Å². The highest BCUT2D eigenvalue weighted by atomic mass is 35.5. The third-order valence-corrected chi connectivity index (χ3v) is 3.75. The lowest BCUT2D eigenvalue weighted by Crippen LogP contribution is -2.20. The normalized spacial score (nSPS) is 10.3. The molecule has 2 rings (SSSR count). The van der Waals surface area contributed by atoms with Crippen LogP contribution in [0.2, 0.25) is 5.02 Å². The zero-order valence-corrected chi connectivity index (χ0v) is 14.7. The van der Waals surface area contributed by atoms with Crippen LogP contribution in [-0.4, -0.2) is 41.9 Å². The van der Waals surface area contributed by atoms with Gasteiger partial charge in [0.15, 0.2) is 5.82 Å². The van der Waals surface area contributed by atoms with Gasteiger partial charge in [0.2, 0.25) is 5.95 Å². The van der Waals surface area contributed by atoms with Crippen molar-refractivity contribution in [3.8, 4) is 0 Å². The maximum atomic E-state index is 11.6. The first-order valence-corrected chi connectivity index (χ1v) is 7.98. The fourth-order valence-corrected chi connectivity index (χ4v) is 2.19. The summed E-state index contributed by atoms with van der Waals surface area (Å²) < 4.78 is 4.71. The van der Waals surface area contributed by atoms with Gasteiger partial charge in [0, 0.05) is 13.6 Å². The highest BCUT2D eigenvalue weighted by molar-refractivity contribution is 6.33. The molecule has 1 heterocycles. The van der Waals surface area contributed by atoms with Crippen molar-refractivity contribution in [3.63, 3.8) is 0 Å².